The first-order chi connectivity index (χ1) is 14.4. The second kappa shape index (κ2) is 9.93. The molecule has 0 bridgehead atoms. The Balaban J connectivity index is 1.49. The minimum absolute atomic E-state index is 0.219. The number of urea groups is 1. The number of aryl methyl sites for hydroxylation is 1. The van der Waals surface area contributed by atoms with Crippen LogP contribution in [-0.2, 0) is 0 Å². The molecule has 0 atom stereocenters. The predicted molar refractivity (Wildman–Crippen MR) is 123 cm³/mol. The van der Waals surface area contributed by atoms with Crippen LogP contribution in [0.1, 0.15) is 17.5 Å². The standard InChI is InChI=1S/C22H25ClN6O/c1-14-5-3-6-18(15(14)2)19-13-20(29-21(24)28-19)25-11-4-12-26-22(30)27-17-9-7-16(23)8-10-17/h3,5-10,13H,4,11-12H2,1-2H3,(H2,26,27,30)(H3,24,25,28,29). The number of hydrogen-bond acceptors (Lipinski definition) is 5. The maximum Gasteiger partial charge on any atom is 0.319 e. The zero-order chi connectivity index (χ0) is 21.5. The van der Waals surface area contributed by atoms with E-state index in [2.05, 4.69) is 45.8 Å². The Morgan fingerprint density at radius 3 is 2.60 bits per heavy atom. The first-order valence-electron chi connectivity index (χ1n) is 9.68. The molecule has 3 rings (SSSR count). The zero-order valence-electron chi connectivity index (χ0n) is 17.0. The molecule has 0 aliphatic rings. The fraction of sp³-hybridized carbons (Fsp3) is 0.227. The number of carbonyl (C=O) groups is 1. The van der Waals surface area contributed by atoms with Gasteiger partial charge >= 0.3 is 6.03 Å². The third kappa shape index (κ3) is 5.84. The van der Waals surface area contributed by atoms with Gasteiger partial charge in [-0.05, 0) is 55.7 Å². The lowest BCUT2D eigenvalue weighted by Gasteiger charge is -2.12. The molecule has 0 aliphatic heterocycles. The van der Waals surface area contributed by atoms with Gasteiger partial charge in [-0.2, -0.15) is 4.98 Å². The van der Waals surface area contributed by atoms with Gasteiger partial charge in [0.1, 0.15) is 5.82 Å². The Morgan fingerprint density at radius 2 is 1.83 bits per heavy atom. The van der Waals surface area contributed by atoms with Gasteiger partial charge in [-0.15, -0.1) is 0 Å². The first kappa shape index (κ1) is 21.4. The van der Waals surface area contributed by atoms with Crippen molar-refractivity contribution in [2.24, 2.45) is 0 Å². The van der Waals surface area contributed by atoms with E-state index >= 15 is 0 Å². The summed E-state index contributed by atoms with van der Waals surface area (Å²) in [6.07, 6.45) is 0.719. The Labute approximate surface area is 181 Å². The smallest absolute Gasteiger partial charge is 0.319 e. The van der Waals surface area contributed by atoms with Crippen LogP contribution in [0, 0.1) is 13.8 Å². The quantitative estimate of drug-likeness (QED) is 0.414. The number of rotatable bonds is 7. The van der Waals surface area contributed by atoms with Crippen molar-refractivity contribution in [1.82, 2.24) is 15.3 Å². The highest BCUT2D eigenvalue weighted by molar-refractivity contribution is 6.30. The summed E-state index contributed by atoms with van der Waals surface area (Å²) in [4.78, 5) is 20.5. The summed E-state index contributed by atoms with van der Waals surface area (Å²) in [5, 5.41) is 9.43. The summed E-state index contributed by atoms with van der Waals surface area (Å²) < 4.78 is 0. The molecule has 1 heterocycles. The molecule has 2 aromatic carbocycles. The normalized spacial score (nSPS) is 10.5. The third-order valence-corrected chi connectivity index (χ3v) is 4.92. The van der Waals surface area contributed by atoms with E-state index in [0.29, 0.717) is 29.6 Å². The number of nitrogens with two attached hydrogens (primary N) is 1. The van der Waals surface area contributed by atoms with Gasteiger partial charge in [0.15, 0.2) is 0 Å². The fourth-order valence-corrected chi connectivity index (χ4v) is 3.06. The van der Waals surface area contributed by atoms with Crippen molar-refractivity contribution in [2.75, 3.05) is 29.5 Å². The fourth-order valence-electron chi connectivity index (χ4n) is 2.94. The summed E-state index contributed by atoms with van der Waals surface area (Å²) in [5.41, 5.74) is 10.8. The molecule has 0 unspecified atom stereocenters. The highest BCUT2D eigenvalue weighted by atomic mass is 35.5. The molecule has 0 aliphatic carbocycles. The summed E-state index contributed by atoms with van der Waals surface area (Å²) in [7, 11) is 0. The van der Waals surface area contributed by atoms with Gasteiger partial charge in [0.05, 0.1) is 5.69 Å². The number of nitrogens with zero attached hydrogens (tertiary/aromatic N) is 2. The number of halogens is 1. The van der Waals surface area contributed by atoms with Crippen LogP contribution in [0.2, 0.25) is 5.02 Å². The van der Waals surface area contributed by atoms with Crippen LogP contribution in [0.25, 0.3) is 11.3 Å². The number of nitrogens with one attached hydrogen (secondary N) is 3. The van der Waals surface area contributed by atoms with Crippen LogP contribution in [0.3, 0.4) is 0 Å². The summed E-state index contributed by atoms with van der Waals surface area (Å²) in [6.45, 7) is 5.27. The molecule has 0 saturated heterocycles. The lowest BCUT2D eigenvalue weighted by atomic mass is 10.0. The van der Waals surface area contributed by atoms with E-state index in [0.717, 1.165) is 23.2 Å². The van der Waals surface area contributed by atoms with E-state index in [4.69, 9.17) is 17.3 Å². The molecule has 7 nitrogen and oxygen atoms in total. The summed E-state index contributed by atoms with van der Waals surface area (Å²) in [5.74, 6) is 0.875. The Morgan fingerprint density at radius 1 is 1.07 bits per heavy atom. The Hall–Kier alpha value is -3.32. The van der Waals surface area contributed by atoms with Crippen LogP contribution >= 0.6 is 11.6 Å². The summed E-state index contributed by atoms with van der Waals surface area (Å²) in [6, 6.07) is 14.7. The highest BCUT2D eigenvalue weighted by Gasteiger charge is 2.09. The van der Waals surface area contributed by atoms with Gasteiger partial charge in [-0.1, -0.05) is 29.8 Å². The molecule has 0 fully saturated rings. The average Bonchev–Trinajstić information content (AvgIpc) is 2.71. The van der Waals surface area contributed by atoms with Crippen LogP contribution in [-0.4, -0.2) is 29.1 Å². The maximum absolute atomic E-state index is 11.9. The molecule has 8 heteroatoms. The Kier molecular flexibility index (Phi) is 7.08. The minimum atomic E-state index is -0.263. The van der Waals surface area contributed by atoms with E-state index in [1.165, 1.54) is 5.56 Å². The zero-order valence-corrected chi connectivity index (χ0v) is 17.8. The molecule has 5 N–H and O–H groups in total. The number of carbonyl (C=O) groups excluding carboxylic acids is 1. The highest BCUT2D eigenvalue weighted by Crippen LogP contribution is 2.26. The van der Waals surface area contributed by atoms with Gasteiger partial charge in [0.25, 0.3) is 0 Å². The van der Waals surface area contributed by atoms with Crippen molar-refractivity contribution in [3.63, 3.8) is 0 Å². The van der Waals surface area contributed by atoms with Gasteiger partial charge in [0, 0.05) is 35.4 Å². The number of anilines is 3. The molecular weight excluding hydrogens is 400 g/mol. The van der Waals surface area contributed by atoms with E-state index in [-0.39, 0.29) is 12.0 Å². The van der Waals surface area contributed by atoms with E-state index < -0.39 is 0 Å². The van der Waals surface area contributed by atoms with Gasteiger partial charge in [0.2, 0.25) is 5.95 Å². The van der Waals surface area contributed by atoms with Gasteiger partial charge < -0.3 is 21.7 Å². The Bertz CT molecular complexity index is 1020. The van der Waals surface area contributed by atoms with Crippen LogP contribution in [0.4, 0.5) is 22.2 Å². The van der Waals surface area contributed by atoms with Crippen molar-refractivity contribution in [1.29, 1.82) is 0 Å². The third-order valence-electron chi connectivity index (χ3n) is 4.67. The number of benzene rings is 2. The predicted octanol–water partition coefficient (Wildman–Crippen LogP) is 4.62. The second-order valence-corrected chi connectivity index (χ2v) is 7.35. The topological polar surface area (TPSA) is 105 Å². The number of amides is 2. The molecule has 0 spiro atoms. The molecular formula is C22H25ClN6O. The van der Waals surface area contributed by atoms with E-state index in [9.17, 15) is 4.79 Å². The van der Waals surface area contributed by atoms with Crippen molar-refractivity contribution >= 4 is 35.1 Å². The number of hydrogen-bond donors (Lipinski definition) is 4. The molecule has 0 saturated carbocycles. The van der Waals surface area contributed by atoms with Crippen LogP contribution in [0.5, 0.6) is 0 Å². The molecule has 156 valence electrons. The first-order valence-corrected chi connectivity index (χ1v) is 10.1. The van der Waals surface area contributed by atoms with Gasteiger partial charge in [-0.25, -0.2) is 9.78 Å². The maximum atomic E-state index is 11.9. The lowest BCUT2D eigenvalue weighted by Crippen LogP contribution is -2.30. The van der Waals surface area contributed by atoms with E-state index in [1.54, 1.807) is 24.3 Å². The molecule has 0 radical (unpaired) electrons. The largest absolute Gasteiger partial charge is 0.370 e. The summed E-state index contributed by atoms with van der Waals surface area (Å²) >= 11 is 5.83. The molecule has 30 heavy (non-hydrogen) atoms. The molecule has 3 aromatic rings. The number of nitrogen functional groups attached to an aromatic ring is 1. The monoisotopic (exact) mass is 424 g/mol. The molecule has 1 aromatic heterocycles. The van der Waals surface area contributed by atoms with Crippen molar-refractivity contribution in [3.8, 4) is 11.3 Å². The average molecular weight is 425 g/mol. The van der Waals surface area contributed by atoms with Crippen molar-refractivity contribution in [2.45, 2.75) is 20.3 Å². The van der Waals surface area contributed by atoms with Gasteiger partial charge in [-0.3, -0.25) is 0 Å². The minimum Gasteiger partial charge on any atom is -0.370 e. The SMILES string of the molecule is Cc1cccc(-c2cc(NCCCNC(=O)Nc3ccc(Cl)cc3)nc(N)n2)c1C. The van der Waals surface area contributed by atoms with Crippen LogP contribution in [0.15, 0.2) is 48.5 Å². The second-order valence-electron chi connectivity index (χ2n) is 6.91. The van der Waals surface area contributed by atoms with Crippen molar-refractivity contribution < 1.29 is 4.79 Å². The lowest BCUT2D eigenvalue weighted by molar-refractivity contribution is 0.252. The van der Waals surface area contributed by atoms with Crippen molar-refractivity contribution in [3.05, 3.63) is 64.7 Å². The molecule has 2 amide bonds. The van der Waals surface area contributed by atoms with Crippen LogP contribution < -0.4 is 21.7 Å². The number of aromatic nitrogens is 2. The van der Waals surface area contributed by atoms with E-state index in [1.807, 2.05) is 18.2 Å².